The van der Waals surface area contributed by atoms with Gasteiger partial charge < -0.3 is 10.6 Å². The predicted octanol–water partition coefficient (Wildman–Crippen LogP) is 3.43. The highest BCUT2D eigenvalue weighted by atomic mass is 16.6. The largest absolute Gasteiger partial charge is 0.352 e. The van der Waals surface area contributed by atoms with Crippen molar-refractivity contribution in [3.05, 3.63) is 75.1 Å². The number of hydrogen-bond acceptors (Lipinski definition) is 6. The summed E-state index contributed by atoms with van der Waals surface area (Å²) in [5.41, 5.74) is 2.64. The van der Waals surface area contributed by atoms with E-state index in [1.807, 2.05) is 13.8 Å². The molecule has 0 saturated carbocycles. The summed E-state index contributed by atoms with van der Waals surface area (Å²) in [5.74, 6) is -0.299. The van der Waals surface area contributed by atoms with Crippen LogP contribution in [0.4, 0.5) is 11.4 Å². The standard InChI is InChI=1S/C22H24N6O4/c1-13(2)12-23-21(29)16-8-9-19(14(3)10-16)24-22(30)20-15(4)27(26-25-20)17-6-5-7-18(11-17)28(31)32/h5-11,13H,12H2,1-4H3,(H,23,29)(H,24,30). The summed E-state index contributed by atoms with van der Waals surface area (Å²) in [7, 11) is 0. The third-order valence-electron chi connectivity index (χ3n) is 4.80. The molecule has 0 bridgehead atoms. The minimum Gasteiger partial charge on any atom is -0.352 e. The van der Waals surface area contributed by atoms with E-state index in [9.17, 15) is 19.7 Å². The number of nitrogens with one attached hydrogen (secondary N) is 2. The molecule has 0 saturated heterocycles. The number of carbonyl (C=O) groups is 2. The highest BCUT2D eigenvalue weighted by Crippen LogP contribution is 2.21. The molecule has 0 unspecified atom stereocenters. The van der Waals surface area contributed by atoms with Crippen LogP contribution < -0.4 is 10.6 Å². The van der Waals surface area contributed by atoms with Gasteiger partial charge in [0.15, 0.2) is 5.69 Å². The molecule has 2 aromatic carbocycles. The fourth-order valence-electron chi connectivity index (χ4n) is 3.05. The van der Waals surface area contributed by atoms with Crippen molar-refractivity contribution in [1.29, 1.82) is 0 Å². The van der Waals surface area contributed by atoms with Gasteiger partial charge in [0.05, 0.1) is 16.3 Å². The number of nitro groups is 1. The Labute approximate surface area is 184 Å². The zero-order chi connectivity index (χ0) is 23.4. The van der Waals surface area contributed by atoms with E-state index in [1.54, 1.807) is 38.1 Å². The first-order valence-electron chi connectivity index (χ1n) is 10.0. The molecule has 0 atom stereocenters. The van der Waals surface area contributed by atoms with Gasteiger partial charge in [-0.15, -0.1) is 5.10 Å². The van der Waals surface area contributed by atoms with Gasteiger partial charge >= 0.3 is 0 Å². The fraction of sp³-hybridized carbons (Fsp3) is 0.273. The Balaban J connectivity index is 1.78. The lowest BCUT2D eigenvalue weighted by Gasteiger charge is -2.11. The summed E-state index contributed by atoms with van der Waals surface area (Å²) >= 11 is 0. The van der Waals surface area contributed by atoms with Crippen molar-refractivity contribution in [1.82, 2.24) is 20.3 Å². The van der Waals surface area contributed by atoms with Gasteiger partial charge in [0.2, 0.25) is 0 Å². The molecular weight excluding hydrogens is 412 g/mol. The lowest BCUT2D eigenvalue weighted by Crippen LogP contribution is -2.27. The van der Waals surface area contributed by atoms with Crippen LogP contribution in [0.15, 0.2) is 42.5 Å². The molecule has 1 aromatic heterocycles. The summed E-state index contributed by atoms with van der Waals surface area (Å²) < 4.78 is 1.37. The van der Waals surface area contributed by atoms with Crippen LogP contribution in [0.3, 0.4) is 0 Å². The highest BCUT2D eigenvalue weighted by molar-refractivity contribution is 6.04. The van der Waals surface area contributed by atoms with Crippen molar-refractivity contribution in [2.75, 3.05) is 11.9 Å². The van der Waals surface area contributed by atoms with E-state index in [-0.39, 0.29) is 17.3 Å². The number of non-ortho nitro benzene ring substituents is 1. The number of nitrogens with zero attached hydrogens (tertiary/aromatic N) is 4. The van der Waals surface area contributed by atoms with Crippen LogP contribution in [0.5, 0.6) is 0 Å². The van der Waals surface area contributed by atoms with Crippen molar-refractivity contribution in [2.24, 2.45) is 5.92 Å². The topological polar surface area (TPSA) is 132 Å². The minimum absolute atomic E-state index is 0.0865. The van der Waals surface area contributed by atoms with Gasteiger partial charge in [0.25, 0.3) is 17.5 Å². The second-order valence-corrected chi connectivity index (χ2v) is 7.80. The Morgan fingerprint density at radius 1 is 1.12 bits per heavy atom. The molecule has 10 heteroatoms. The molecule has 0 aliphatic carbocycles. The summed E-state index contributed by atoms with van der Waals surface area (Å²) in [6.07, 6.45) is 0. The number of carbonyl (C=O) groups excluding carboxylic acids is 2. The van der Waals surface area contributed by atoms with E-state index in [4.69, 9.17) is 0 Å². The Morgan fingerprint density at radius 2 is 1.88 bits per heavy atom. The van der Waals surface area contributed by atoms with E-state index in [0.717, 1.165) is 5.56 Å². The van der Waals surface area contributed by atoms with Gasteiger partial charge in [-0.3, -0.25) is 19.7 Å². The molecule has 166 valence electrons. The molecular formula is C22H24N6O4. The number of amides is 2. The number of hydrogen-bond donors (Lipinski definition) is 2. The van der Waals surface area contributed by atoms with E-state index in [0.29, 0.717) is 35.1 Å². The van der Waals surface area contributed by atoms with Crippen LogP contribution in [0.2, 0.25) is 0 Å². The lowest BCUT2D eigenvalue weighted by molar-refractivity contribution is -0.384. The van der Waals surface area contributed by atoms with Crippen molar-refractivity contribution in [3.63, 3.8) is 0 Å². The van der Waals surface area contributed by atoms with Crippen LogP contribution in [0.1, 0.15) is 46.0 Å². The zero-order valence-electron chi connectivity index (χ0n) is 18.2. The summed E-state index contributed by atoms with van der Waals surface area (Å²) in [6.45, 7) is 8.06. The monoisotopic (exact) mass is 436 g/mol. The number of anilines is 1. The van der Waals surface area contributed by atoms with Crippen LogP contribution in [-0.2, 0) is 0 Å². The first-order chi connectivity index (χ1) is 15.2. The lowest BCUT2D eigenvalue weighted by atomic mass is 10.1. The number of benzene rings is 2. The Morgan fingerprint density at radius 3 is 2.53 bits per heavy atom. The van der Waals surface area contributed by atoms with Crippen LogP contribution in [0, 0.1) is 29.9 Å². The molecule has 0 aliphatic rings. The van der Waals surface area contributed by atoms with Crippen LogP contribution >= 0.6 is 0 Å². The van der Waals surface area contributed by atoms with Crippen molar-refractivity contribution in [3.8, 4) is 5.69 Å². The minimum atomic E-state index is -0.501. The van der Waals surface area contributed by atoms with Crippen LogP contribution in [0.25, 0.3) is 5.69 Å². The Hall–Kier alpha value is -4.08. The predicted molar refractivity (Wildman–Crippen MR) is 119 cm³/mol. The highest BCUT2D eigenvalue weighted by Gasteiger charge is 2.19. The third kappa shape index (κ3) is 4.97. The molecule has 0 radical (unpaired) electrons. The number of aromatic nitrogens is 3. The van der Waals surface area contributed by atoms with Gasteiger partial charge in [-0.25, -0.2) is 4.68 Å². The number of aryl methyl sites for hydroxylation is 1. The molecule has 32 heavy (non-hydrogen) atoms. The molecule has 0 spiro atoms. The maximum Gasteiger partial charge on any atom is 0.278 e. The summed E-state index contributed by atoms with van der Waals surface area (Å²) in [5, 5.41) is 24.6. The SMILES string of the molecule is Cc1cc(C(=O)NCC(C)C)ccc1NC(=O)c1nnn(-c2cccc([N+](=O)[O-])c2)c1C. The molecule has 10 nitrogen and oxygen atoms in total. The quantitative estimate of drug-likeness (QED) is 0.431. The molecule has 3 aromatic rings. The maximum absolute atomic E-state index is 12.8. The second kappa shape index (κ2) is 9.38. The third-order valence-corrected chi connectivity index (χ3v) is 4.80. The van der Waals surface area contributed by atoms with Crippen molar-refractivity contribution >= 4 is 23.2 Å². The normalized spacial score (nSPS) is 10.8. The number of rotatable bonds is 7. The molecule has 2 N–H and O–H groups in total. The molecule has 2 amide bonds. The fourth-order valence-corrected chi connectivity index (χ4v) is 3.05. The van der Waals surface area contributed by atoms with Crippen molar-refractivity contribution < 1.29 is 14.5 Å². The first-order valence-corrected chi connectivity index (χ1v) is 10.0. The van der Waals surface area contributed by atoms with Gasteiger partial charge in [-0.2, -0.15) is 0 Å². The molecule has 0 aliphatic heterocycles. The van der Waals surface area contributed by atoms with E-state index < -0.39 is 10.8 Å². The van der Waals surface area contributed by atoms with E-state index in [2.05, 4.69) is 20.9 Å². The van der Waals surface area contributed by atoms with E-state index >= 15 is 0 Å². The number of nitro benzene ring substituents is 1. The molecule has 3 rings (SSSR count). The average Bonchev–Trinajstić information content (AvgIpc) is 3.14. The Bertz CT molecular complexity index is 1180. The second-order valence-electron chi connectivity index (χ2n) is 7.80. The van der Waals surface area contributed by atoms with Crippen molar-refractivity contribution in [2.45, 2.75) is 27.7 Å². The van der Waals surface area contributed by atoms with Gasteiger partial charge in [0, 0.05) is 29.9 Å². The average molecular weight is 436 g/mol. The summed E-state index contributed by atoms with van der Waals surface area (Å²) in [6, 6.07) is 10.9. The van der Waals surface area contributed by atoms with Gasteiger partial charge in [-0.1, -0.05) is 25.1 Å². The summed E-state index contributed by atoms with van der Waals surface area (Å²) in [4.78, 5) is 35.6. The first kappa shape index (κ1) is 22.6. The van der Waals surface area contributed by atoms with Gasteiger partial charge in [-0.05, 0) is 49.6 Å². The van der Waals surface area contributed by atoms with E-state index in [1.165, 1.54) is 22.9 Å². The zero-order valence-corrected chi connectivity index (χ0v) is 18.2. The smallest absolute Gasteiger partial charge is 0.278 e. The Kier molecular flexibility index (Phi) is 6.62. The molecule has 0 fully saturated rings. The molecule has 1 heterocycles. The van der Waals surface area contributed by atoms with Crippen LogP contribution in [-0.4, -0.2) is 38.3 Å². The maximum atomic E-state index is 12.8. The van der Waals surface area contributed by atoms with Gasteiger partial charge in [0.1, 0.15) is 0 Å².